The van der Waals surface area contributed by atoms with E-state index in [0.29, 0.717) is 17.2 Å². The Kier molecular flexibility index (Phi) is 5.49. The molecule has 3 aromatic rings. The zero-order chi connectivity index (χ0) is 19.4. The van der Waals surface area contributed by atoms with Crippen LogP contribution in [0.2, 0.25) is 0 Å². The lowest BCUT2D eigenvalue weighted by Gasteiger charge is -2.15. The molecule has 0 saturated carbocycles. The summed E-state index contributed by atoms with van der Waals surface area (Å²) in [4.78, 5) is 0. The Morgan fingerprint density at radius 1 is 0.852 bits per heavy atom. The largest absolute Gasteiger partial charge is 0.496 e. The fourth-order valence-corrected chi connectivity index (χ4v) is 3.02. The lowest BCUT2D eigenvalue weighted by Crippen LogP contribution is -2.02. The summed E-state index contributed by atoms with van der Waals surface area (Å²) in [6.45, 7) is 2.09. The number of aromatic nitrogens is 3. The molecule has 7 heteroatoms. The zero-order valence-electron chi connectivity index (χ0n) is 16.1. The third-order valence-electron chi connectivity index (χ3n) is 4.40. The summed E-state index contributed by atoms with van der Waals surface area (Å²) in [7, 11) is 6.43. The summed E-state index contributed by atoms with van der Waals surface area (Å²) < 4.78 is 23.5. The molecule has 1 aromatic heterocycles. The molecule has 1 heterocycles. The van der Waals surface area contributed by atoms with Crippen LogP contribution >= 0.6 is 0 Å². The van der Waals surface area contributed by atoms with E-state index in [2.05, 4.69) is 23.3 Å². The Balaban J connectivity index is 2.13. The minimum absolute atomic E-state index is 0.542. The van der Waals surface area contributed by atoms with Crippen LogP contribution in [0.25, 0.3) is 16.9 Å². The molecule has 0 spiro atoms. The quantitative estimate of drug-likeness (QED) is 0.635. The van der Waals surface area contributed by atoms with E-state index in [4.69, 9.17) is 18.9 Å². The lowest BCUT2D eigenvalue weighted by molar-refractivity contribution is 0.324. The van der Waals surface area contributed by atoms with Gasteiger partial charge in [-0.15, -0.1) is 5.10 Å². The molecule has 0 saturated heterocycles. The fraction of sp³-hybridized carbons (Fsp3) is 0.300. The van der Waals surface area contributed by atoms with E-state index in [1.165, 1.54) is 0 Å². The van der Waals surface area contributed by atoms with Crippen molar-refractivity contribution in [3.05, 3.63) is 42.1 Å². The third kappa shape index (κ3) is 3.40. The van der Waals surface area contributed by atoms with Gasteiger partial charge in [-0.25, -0.2) is 4.68 Å². The zero-order valence-corrected chi connectivity index (χ0v) is 16.1. The van der Waals surface area contributed by atoms with Crippen LogP contribution in [0.15, 0.2) is 36.5 Å². The van der Waals surface area contributed by atoms with Crippen molar-refractivity contribution in [1.29, 1.82) is 0 Å². The maximum Gasteiger partial charge on any atom is 0.203 e. The van der Waals surface area contributed by atoms with E-state index in [-0.39, 0.29) is 0 Å². The van der Waals surface area contributed by atoms with Crippen LogP contribution in [0.5, 0.6) is 23.0 Å². The molecule has 27 heavy (non-hydrogen) atoms. The highest BCUT2D eigenvalue weighted by molar-refractivity contribution is 5.69. The molecule has 0 aliphatic carbocycles. The number of rotatable bonds is 7. The molecule has 0 aliphatic rings. The molecule has 0 fully saturated rings. The molecular formula is C20H23N3O4. The van der Waals surface area contributed by atoms with Gasteiger partial charge in [0.2, 0.25) is 5.75 Å². The second-order valence-corrected chi connectivity index (χ2v) is 5.79. The van der Waals surface area contributed by atoms with Gasteiger partial charge in [-0.2, -0.15) is 0 Å². The van der Waals surface area contributed by atoms with Gasteiger partial charge in [0.15, 0.2) is 11.5 Å². The van der Waals surface area contributed by atoms with Gasteiger partial charge in [-0.05, 0) is 42.3 Å². The predicted octanol–water partition coefficient (Wildman–Crippen LogP) is 3.53. The van der Waals surface area contributed by atoms with E-state index < -0.39 is 0 Å². The van der Waals surface area contributed by atoms with E-state index in [1.807, 2.05) is 24.3 Å². The van der Waals surface area contributed by atoms with Gasteiger partial charge >= 0.3 is 0 Å². The number of hydrogen-bond acceptors (Lipinski definition) is 6. The highest BCUT2D eigenvalue weighted by Crippen LogP contribution is 2.41. The molecule has 0 aliphatic heterocycles. The minimum atomic E-state index is 0.542. The standard InChI is InChI=1S/C20H23N3O4/c1-6-13-9-15(7-8-17(13)24-2)23-16(12-21-22-23)14-10-18(25-3)20(27-5)19(11-14)26-4/h7-12H,6H2,1-5H3. The van der Waals surface area contributed by atoms with Crippen molar-refractivity contribution >= 4 is 0 Å². The summed E-state index contributed by atoms with van der Waals surface area (Å²) in [5, 5.41) is 8.36. The van der Waals surface area contributed by atoms with Crippen molar-refractivity contribution in [2.45, 2.75) is 13.3 Å². The molecule has 0 radical (unpaired) electrons. The maximum absolute atomic E-state index is 5.46. The normalized spacial score (nSPS) is 10.6. The van der Waals surface area contributed by atoms with E-state index in [1.54, 1.807) is 39.3 Å². The molecular weight excluding hydrogens is 346 g/mol. The molecule has 142 valence electrons. The average molecular weight is 369 g/mol. The molecule has 7 nitrogen and oxygen atoms in total. The van der Waals surface area contributed by atoms with Gasteiger partial charge in [0.05, 0.1) is 46.0 Å². The van der Waals surface area contributed by atoms with Gasteiger partial charge in [-0.1, -0.05) is 12.1 Å². The van der Waals surface area contributed by atoms with Gasteiger partial charge < -0.3 is 18.9 Å². The van der Waals surface area contributed by atoms with Gasteiger partial charge in [0.1, 0.15) is 5.75 Å². The van der Waals surface area contributed by atoms with Crippen LogP contribution in [0.3, 0.4) is 0 Å². The van der Waals surface area contributed by atoms with Crippen molar-refractivity contribution in [2.24, 2.45) is 0 Å². The Morgan fingerprint density at radius 2 is 1.52 bits per heavy atom. The first kappa shape index (κ1) is 18.6. The number of methoxy groups -OCH3 is 4. The van der Waals surface area contributed by atoms with Crippen molar-refractivity contribution in [2.75, 3.05) is 28.4 Å². The molecule has 0 bridgehead atoms. The molecule has 0 unspecified atom stereocenters. The van der Waals surface area contributed by atoms with Crippen molar-refractivity contribution in [1.82, 2.24) is 15.0 Å². The number of aryl methyl sites for hydroxylation is 1. The third-order valence-corrected chi connectivity index (χ3v) is 4.40. The van der Waals surface area contributed by atoms with Crippen LogP contribution in [0.1, 0.15) is 12.5 Å². The lowest BCUT2D eigenvalue weighted by atomic mass is 10.1. The van der Waals surface area contributed by atoms with Crippen molar-refractivity contribution in [3.63, 3.8) is 0 Å². The Hall–Kier alpha value is -3.22. The summed E-state index contributed by atoms with van der Waals surface area (Å²) in [6.07, 6.45) is 2.56. The first-order valence-corrected chi connectivity index (χ1v) is 8.55. The summed E-state index contributed by atoms with van der Waals surface area (Å²) in [5.41, 5.74) is 3.65. The van der Waals surface area contributed by atoms with Crippen molar-refractivity contribution < 1.29 is 18.9 Å². The van der Waals surface area contributed by atoms with Gasteiger partial charge in [0, 0.05) is 5.56 Å². The topological polar surface area (TPSA) is 67.6 Å². The highest BCUT2D eigenvalue weighted by Gasteiger charge is 2.17. The van der Waals surface area contributed by atoms with Crippen LogP contribution in [0, 0.1) is 0 Å². The van der Waals surface area contributed by atoms with Crippen LogP contribution in [-0.4, -0.2) is 43.4 Å². The van der Waals surface area contributed by atoms with Gasteiger partial charge in [-0.3, -0.25) is 0 Å². The summed E-state index contributed by atoms with van der Waals surface area (Å²) >= 11 is 0. The fourth-order valence-electron chi connectivity index (χ4n) is 3.02. The number of benzene rings is 2. The minimum Gasteiger partial charge on any atom is -0.496 e. The first-order valence-electron chi connectivity index (χ1n) is 8.55. The number of nitrogens with zero attached hydrogens (tertiary/aromatic N) is 3. The van der Waals surface area contributed by atoms with E-state index in [9.17, 15) is 0 Å². The summed E-state index contributed by atoms with van der Waals surface area (Å²) in [5.74, 6) is 2.54. The Labute approximate surface area is 158 Å². The Morgan fingerprint density at radius 3 is 2.07 bits per heavy atom. The molecule has 0 amide bonds. The van der Waals surface area contributed by atoms with Crippen LogP contribution < -0.4 is 18.9 Å². The SMILES string of the molecule is CCc1cc(-n2nncc2-c2cc(OC)c(OC)c(OC)c2)ccc1OC. The maximum atomic E-state index is 5.46. The highest BCUT2D eigenvalue weighted by atomic mass is 16.5. The van der Waals surface area contributed by atoms with Crippen LogP contribution in [0.4, 0.5) is 0 Å². The Bertz CT molecular complexity index is 912. The second-order valence-electron chi connectivity index (χ2n) is 5.79. The van der Waals surface area contributed by atoms with Crippen molar-refractivity contribution in [3.8, 4) is 39.9 Å². The number of hydrogen-bond donors (Lipinski definition) is 0. The molecule has 2 aromatic carbocycles. The smallest absolute Gasteiger partial charge is 0.203 e. The number of ether oxygens (including phenoxy) is 4. The monoisotopic (exact) mass is 369 g/mol. The molecule has 0 N–H and O–H groups in total. The summed E-state index contributed by atoms with van der Waals surface area (Å²) in [6, 6.07) is 9.69. The predicted molar refractivity (Wildman–Crippen MR) is 102 cm³/mol. The molecule has 0 atom stereocenters. The van der Waals surface area contributed by atoms with Gasteiger partial charge in [0.25, 0.3) is 0 Å². The average Bonchev–Trinajstić information content (AvgIpc) is 3.21. The second kappa shape index (κ2) is 7.99. The van der Waals surface area contributed by atoms with E-state index in [0.717, 1.165) is 34.7 Å². The first-order chi connectivity index (χ1) is 13.2. The molecule has 3 rings (SSSR count). The van der Waals surface area contributed by atoms with E-state index >= 15 is 0 Å². The van der Waals surface area contributed by atoms with Crippen LogP contribution in [-0.2, 0) is 6.42 Å².